The molecule has 0 aliphatic rings. The molecule has 0 saturated heterocycles. The Kier molecular flexibility index (Phi) is 8.10. The molecule has 1 rings (SSSR count). The summed E-state index contributed by atoms with van der Waals surface area (Å²) in [6.07, 6.45) is 6.09. The van der Waals surface area contributed by atoms with Crippen LogP contribution in [0.4, 0.5) is 0 Å². The molecule has 0 saturated carbocycles. The van der Waals surface area contributed by atoms with E-state index < -0.39 is 0 Å². The third kappa shape index (κ3) is 5.51. The van der Waals surface area contributed by atoms with Crippen molar-refractivity contribution >= 4 is 11.6 Å². The first-order chi connectivity index (χ1) is 9.22. The Balaban J connectivity index is 2.52. The van der Waals surface area contributed by atoms with Gasteiger partial charge < -0.3 is 10.1 Å². The molecule has 0 aromatic carbocycles. The Labute approximate surface area is 121 Å². The van der Waals surface area contributed by atoms with E-state index in [0.717, 1.165) is 43.1 Å². The molecule has 0 aliphatic heterocycles. The van der Waals surface area contributed by atoms with E-state index in [4.69, 9.17) is 16.3 Å². The Hall–Kier alpha value is -0.580. The maximum Gasteiger partial charge on any atom is 0.0817 e. The van der Waals surface area contributed by atoms with Gasteiger partial charge in [-0.1, -0.05) is 25.4 Å². The average molecular weight is 288 g/mol. The minimum absolute atomic E-state index is 0.557. The number of rotatable bonds is 10. The van der Waals surface area contributed by atoms with Crippen molar-refractivity contribution in [1.82, 2.24) is 15.1 Å². The van der Waals surface area contributed by atoms with Crippen LogP contribution in [0.15, 0.2) is 6.20 Å². The maximum atomic E-state index is 6.21. The third-order valence-electron chi connectivity index (χ3n) is 3.31. The number of halogens is 1. The average Bonchev–Trinajstić information content (AvgIpc) is 2.77. The summed E-state index contributed by atoms with van der Waals surface area (Å²) in [7, 11) is 1.70. The van der Waals surface area contributed by atoms with E-state index in [-0.39, 0.29) is 0 Å². The number of hydrogen-bond donors (Lipinski definition) is 1. The van der Waals surface area contributed by atoms with Crippen LogP contribution < -0.4 is 5.32 Å². The van der Waals surface area contributed by atoms with Gasteiger partial charge in [0, 0.05) is 13.2 Å². The highest BCUT2D eigenvalue weighted by atomic mass is 35.5. The fourth-order valence-electron chi connectivity index (χ4n) is 2.12. The number of nitrogens with one attached hydrogen (secondary N) is 1. The number of hydrogen-bond acceptors (Lipinski definition) is 3. The van der Waals surface area contributed by atoms with Crippen LogP contribution in [0.1, 0.15) is 38.8 Å². The fourth-order valence-corrected chi connectivity index (χ4v) is 2.35. The van der Waals surface area contributed by atoms with Crippen LogP contribution in [-0.4, -0.2) is 36.1 Å². The smallest absolute Gasteiger partial charge is 0.0817 e. The summed E-state index contributed by atoms with van der Waals surface area (Å²) < 4.78 is 7.05. The molecule has 4 nitrogen and oxygen atoms in total. The molecule has 1 aromatic rings. The molecule has 0 radical (unpaired) electrons. The zero-order valence-electron chi connectivity index (χ0n) is 12.3. The maximum absolute atomic E-state index is 6.21. The lowest BCUT2D eigenvalue weighted by Gasteiger charge is -2.17. The second kappa shape index (κ2) is 9.34. The van der Waals surface area contributed by atoms with Gasteiger partial charge in [0.25, 0.3) is 0 Å². The monoisotopic (exact) mass is 287 g/mol. The molecule has 1 atom stereocenters. The van der Waals surface area contributed by atoms with Gasteiger partial charge in [-0.05, 0) is 32.2 Å². The van der Waals surface area contributed by atoms with E-state index in [1.807, 2.05) is 4.68 Å². The molecule has 1 aromatic heterocycles. The quantitative estimate of drug-likeness (QED) is 0.719. The summed E-state index contributed by atoms with van der Waals surface area (Å²) in [6, 6.07) is 0.557. The van der Waals surface area contributed by atoms with Crippen LogP contribution in [0.25, 0.3) is 0 Å². The summed E-state index contributed by atoms with van der Waals surface area (Å²) in [5.74, 6) is 0. The second-order valence-corrected chi connectivity index (χ2v) is 5.16. The Bertz CT molecular complexity index is 354. The van der Waals surface area contributed by atoms with Crippen molar-refractivity contribution in [3.8, 4) is 0 Å². The molecule has 0 spiro atoms. The van der Waals surface area contributed by atoms with Crippen molar-refractivity contribution in [1.29, 1.82) is 0 Å². The molecule has 1 unspecified atom stereocenters. The summed E-state index contributed by atoms with van der Waals surface area (Å²) in [5.41, 5.74) is 1.12. The van der Waals surface area contributed by atoms with E-state index in [2.05, 4.69) is 24.3 Å². The van der Waals surface area contributed by atoms with E-state index in [1.165, 1.54) is 6.42 Å². The number of nitrogens with zero attached hydrogens (tertiary/aromatic N) is 2. The van der Waals surface area contributed by atoms with Crippen LogP contribution in [0.2, 0.25) is 5.02 Å². The van der Waals surface area contributed by atoms with Gasteiger partial charge in [0.05, 0.1) is 30.1 Å². The first kappa shape index (κ1) is 16.5. The normalized spacial score (nSPS) is 12.8. The third-order valence-corrected chi connectivity index (χ3v) is 3.63. The molecule has 0 amide bonds. The fraction of sp³-hybridized carbons (Fsp3) is 0.786. The highest BCUT2D eigenvalue weighted by molar-refractivity contribution is 6.31. The van der Waals surface area contributed by atoms with Crippen molar-refractivity contribution < 1.29 is 4.74 Å². The van der Waals surface area contributed by atoms with Gasteiger partial charge in [0.15, 0.2) is 0 Å². The van der Waals surface area contributed by atoms with Crippen molar-refractivity contribution in [3.63, 3.8) is 0 Å². The first-order valence-electron chi connectivity index (χ1n) is 7.15. The van der Waals surface area contributed by atoms with Gasteiger partial charge in [0.2, 0.25) is 0 Å². The van der Waals surface area contributed by atoms with Gasteiger partial charge in [-0.2, -0.15) is 5.10 Å². The lowest BCUT2D eigenvalue weighted by Crippen LogP contribution is -2.29. The van der Waals surface area contributed by atoms with Crippen molar-refractivity contribution in [3.05, 3.63) is 16.9 Å². The molecule has 5 heteroatoms. The summed E-state index contributed by atoms with van der Waals surface area (Å²) >= 11 is 6.21. The van der Waals surface area contributed by atoms with Crippen LogP contribution >= 0.6 is 11.6 Å². The van der Waals surface area contributed by atoms with Crippen LogP contribution in [0.5, 0.6) is 0 Å². The Morgan fingerprint density at radius 1 is 1.47 bits per heavy atom. The molecular formula is C14H26ClN3O. The summed E-state index contributed by atoms with van der Waals surface area (Å²) in [6.45, 7) is 6.91. The van der Waals surface area contributed by atoms with Gasteiger partial charge in [-0.25, -0.2) is 0 Å². The molecule has 0 bridgehead atoms. The van der Waals surface area contributed by atoms with Crippen LogP contribution in [0.3, 0.4) is 0 Å². The largest absolute Gasteiger partial charge is 0.383 e. The molecule has 110 valence electrons. The Morgan fingerprint density at radius 2 is 2.26 bits per heavy atom. The lowest BCUT2D eigenvalue weighted by atomic mass is 10.1. The zero-order chi connectivity index (χ0) is 14.1. The predicted octanol–water partition coefficient (Wildman–Crippen LogP) is 2.89. The standard InChI is InChI=1S/C14H26ClN3O/c1-4-8-16-12(5-2)6-7-14-13(15)11-17-18(14)9-10-19-3/h11-12,16H,4-10H2,1-3H3. The highest BCUT2D eigenvalue weighted by Crippen LogP contribution is 2.18. The second-order valence-electron chi connectivity index (χ2n) is 4.75. The minimum atomic E-state index is 0.557. The molecule has 1 heterocycles. The molecule has 0 fully saturated rings. The molecule has 1 N–H and O–H groups in total. The van der Waals surface area contributed by atoms with Gasteiger partial charge in [-0.15, -0.1) is 0 Å². The SMILES string of the molecule is CCCNC(CC)CCc1c(Cl)cnn1CCOC. The predicted molar refractivity (Wildman–Crippen MR) is 79.8 cm³/mol. The molecule has 19 heavy (non-hydrogen) atoms. The van der Waals surface area contributed by atoms with E-state index in [9.17, 15) is 0 Å². The lowest BCUT2D eigenvalue weighted by molar-refractivity contribution is 0.182. The van der Waals surface area contributed by atoms with E-state index >= 15 is 0 Å². The zero-order valence-corrected chi connectivity index (χ0v) is 13.0. The van der Waals surface area contributed by atoms with Crippen molar-refractivity contribution in [2.24, 2.45) is 0 Å². The van der Waals surface area contributed by atoms with E-state index in [1.54, 1.807) is 13.3 Å². The summed E-state index contributed by atoms with van der Waals surface area (Å²) in [5, 5.41) is 8.63. The Morgan fingerprint density at radius 3 is 2.89 bits per heavy atom. The topological polar surface area (TPSA) is 39.1 Å². The molecular weight excluding hydrogens is 262 g/mol. The van der Waals surface area contributed by atoms with Gasteiger partial charge >= 0.3 is 0 Å². The van der Waals surface area contributed by atoms with E-state index in [0.29, 0.717) is 12.6 Å². The van der Waals surface area contributed by atoms with Crippen LogP contribution in [0, 0.1) is 0 Å². The van der Waals surface area contributed by atoms with Gasteiger partial charge in [-0.3, -0.25) is 4.68 Å². The minimum Gasteiger partial charge on any atom is -0.383 e. The van der Waals surface area contributed by atoms with Gasteiger partial charge in [0.1, 0.15) is 0 Å². The summed E-state index contributed by atoms with van der Waals surface area (Å²) in [4.78, 5) is 0. The van der Waals surface area contributed by atoms with Crippen LogP contribution in [-0.2, 0) is 17.7 Å². The number of aromatic nitrogens is 2. The van der Waals surface area contributed by atoms with Crippen molar-refractivity contribution in [2.45, 2.75) is 52.1 Å². The number of ether oxygens (including phenoxy) is 1. The molecule has 0 aliphatic carbocycles. The van der Waals surface area contributed by atoms with Crippen molar-refractivity contribution in [2.75, 3.05) is 20.3 Å². The first-order valence-corrected chi connectivity index (χ1v) is 7.53. The number of methoxy groups -OCH3 is 1. The highest BCUT2D eigenvalue weighted by Gasteiger charge is 2.12.